The Balaban J connectivity index is 1.57. The van der Waals surface area contributed by atoms with Gasteiger partial charge in [0.05, 0.1) is 47.0 Å². The van der Waals surface area contributed by atoms with Crippen molar-refractivity contribution in [1.29, 1.82) is 0 Å². The van der Waals surface area contributed by atoms with E-state index in [0.717, 1.165) is 64.7 Å². The molecule has 1 aromatic heterocycles. The van der Waals surface area contributed by atoms with Crippen molar-refractivity contribution >= 4 is 10.9 Å². The molecule has 3 fully saturated rings. The molecule has 3 saturated heterocycles. The van der Waals surface area contributed by atoms with E-state index < -0.39 is 6.10 Å². The highest BCUT2D eigenvalue weighted by Crippen LogP contribution is 2.49. The van der Waals surface area contributed by atoms with Crippen LogP contribution in [0.3, 0.4) is 0 Å². The standard InChI is InChI=1S/C30H37N2O5/c1-6-20-18-32(17-19-13-27(35-3)30(37-5)28(14-19)36-4)12-10-21(20)15-26(32)29(33)23-9-11-31-25-8-7-22(34-2)16-24(23)25/h6-9,11,13-14,16,20-21,26,29,33H,1,10,12,15,17-18H2,2-5H3/q+1/t20-,21-,26+,29-,32+/m0/s1. The Bertz CT molecular complexity index is 1270. The molecule has 2 bridgehead atoms. The van der Waals surface area contributed by atoms with Crippen LogP contribution in [0.5, 0.6) is 23.0 Å². The molecule has 2 aromatic carbocycles. The third kappa shape index (κ3) is 4.40. The van der Waals surface area contributed by atoms with E-state index in [4.69, 9.17) is 18.9 Å². The highest BCUT2D eigenvalue weighted by atomic mass is 16.5. The Kier molecular flexibility index (Phi) is 7.01. The topological polar surface area (TPSA) is 70.0 Å². The maximum atomic E-state index is 12.0. The van der Waals surface area contributed by atoms with Gasteiger partial charge in [-0.1, -0.05) is 6.08 Å². The third-order valence-electron chi connectivity index (χ3n) is 8.56. The number of pyridine rings is 1. The minimum absolute atomic E-state index is 0.0332. The second kappa shape index (κ2) is 10.2. The highest BCUT2D eigenvalue weighted by molar-refractivity contribution is 5.83. The van der Waals surface area contributed by atoms with Crippen molar-refractivity contribution in [2.24, 2.45) is 11.8 Å². The van der Waals surface area contributed by atoms with Crippen LogP contribution in [0.25, 0.3) is 10.9 Å². The molecular weight excluding hydrogens is 468 g/mol. The molecule has 3 aromatic rings. The zero-order chi connectivity index (χ0) is 26.2. The molecule has 6 rings (SSSR count). The second-order valence-electron chi connectivity index (χ2n) is 10.3. The average molecular weight is 506 g/mol. The van der Waals surface area contributed by atoms with Gasteiger partial charge in [-0.2, -0.15) is 0 Å². The quantitative estimate of drug-likeness (QED) is 0.329. The molecule has 37 heavy (non-hydrogen) atoms. The largest absolute Gasteiger partial charge is 0.497 e. The van der Waals surface area contributed by atoms with Gasteiger partial charge in [-0.15, -0.1) is 6.58 Å². The summed E-state index contributed by atoms with van der Waals surface area (Å²) in [5, 5.41) is 13.0. The first-order chi connectivity index (χ1) is 18.0. The summed E-state index contributed by atoms with van der Waals surface area (Å²) in [6.07, 6.45) is 5.32. The predicted molar refractivity (Wildman–Crippen MR) is 143 cm³/mol. The number of benzene rings is 2. The number of fused-ring (bicyclic) bond motifs is 4. The first kappa shape index (κ1) is 25.4. The SMILES string of the molecule is C=C[C@H]1C[N@+]2(Cc3cc(OC)c(OC)c(OC)c3)CC[C@H]1C[C@@H]2[C@@H](O)c1ccnc2ccc(OC)cc12. The van der Waals surface area contributed by atoms with Crippen molar-refractivity contribution in [3.05, 3.63) is 66.4 Å². The van der Waals surface area contributed by atoms with Gasteiger partial charge in [-0.3, -0.25) is 4.98 Å². The minimum atomic E-state index is -0.645. The van der Waals surface area contributed by atoms with Crippen LogP contribution in [-0.2, 0) is 6.54 Å². The highest BCUT2D eigenvalue weighted by Gasteiger charge is 2.54. The summed E-state index contributed by atoms with van der Waals surface area (Å²) in [4.78, 5) is 4.53. The molecule has 196 valence electrons. The number of nitrogens with zero attached hydrogens (tertiary/aromatic N) is 2. The van der Waals surface area contributed by atoms with Crippen LogP contribution >= 0.6 is 0 Å². The van der Waals surface area contributed by atoms with Gasteiger partial charge in [-0.05, 0) is 47.9 Å². The lowest BCUT2D eigenvalue weighted by molar-refractivity contribution is -0.984. The van der Waals surface area contributed by atoms with E-state index in [-0.39, 0.29) is 6.04 Å². The van der Waals surface area contributed by atoms with Crippen molar-refractivity contribution in [2.75, 3.05) is 41.5 Å². The molecule has 3 aliphatic heterocycles. The van der Waals surface area contributed by atoms with Gasteiger partial charge >= 0.3 is 0 Å². The molecule has 0 spiro atoms. The smallest absolute Gasteiger partial charge is 0.203 e. The lowest BCUT2D eigenvalue weighted by Gasteiger charge is -2.58. The van der Waals surface area contributed by atoms with Crippen molar-refractivity contribution < 1.29 is 28.5 Å². The molecule has 7 nitrogen and oxygen atoms in total. The van der Waals surface area contributed by atoms with Gasteiger partial charge in [0.1, 0.15) is 24.4 Å². The van der Waals surface area contributed by atoms with Crippen LogP contribution in [-0.4, -0.2) is 62.1 Å². The third-order valence-corrected chi connectivity index (χ3v) is 8.56. The number of piperidine rings is 3. The molecule has 0 radical (unpaired) electrons. The molecular formula is C30H37N2O5+. The fourth-order valence-electron chi connectivity index (χ4n) is 6.71. The van der Waals surface area contributed by atoms with E-state index in [0.29, 0.717) is 29.1 Å². The Morgan fingerprint density at radius 2 is 1.81 bits per heavy atom. The normalized spacial score (nSPS) is 25.5. The molecule has 0 amide bonds. The monoisotopic (exact) mass is 505 g/mol. The van der Waals surface area contributed by atoms with Gasteiger partial charge in [-0.25, -0.2) is 0 Å². The van der Waals surface area contributed by atoms with Gasteiger partial charge in [0.25, 0.3) is 0 Å². The van der Waals surface area contributed by atoms with E-state index in [2.05, 4.69) is 17.6 Å². The number of aliphatic hydroxyl groups excluding tert-OH is 1. The van der Waals surface area contributed by atoms with E-state index in [1.54, 1.807) is 34.6 Å². The van der Waals surface area contributed by atoms with Gasteiger partial charge < -0.3 is 28.5 Å². The summed E-state index contributed by atoms with van der Waals surface area (Å²) in [5.41, 5.74) is 2.85. The lowest BCUT2D eigenvalue weighted by atomic mass is 9.71. The summed E-state index contributed by atoms with van der Waals surface area (Å²) in [5.74, 6) is 3.59. The van der Waals surface area contributed by atoms with Gasteiger partial charge in [0.15, 0.2) is 11.5 Å². The zero-order valence-electron chi connectivity index (χ0n) is 22.1. The minimum Gasteiger partial charge on any atom is -0.497 e. The number of aromatic nitrogens is 1. The summed E-state index contributed by atoms with van der Waals surface area (Å²) < 4.78 is 23.1. The second-order valence-corrected chi connectivity index (χ2v) is 10.3. The zero-order valence-corrected chi connectivity index (χ0v) is 22.1. The number of ether oxygens (including phenoxy) is 4. The van der Waals surface area contributed by atoms with Gasteiger partial charge in [0.2, 0.25) is 5.75 Å². The van der Waals surface area contributed by atoms with Crippen molar-refractivity contribution in [1.82, 2.24) is 4.98 Å². The maximum absolute atomic E-state index is 12.0. The molecule has 0 aliphatic carbocycles. The van der Waals surface area contributed by atoms with Gasteiger partial charge in [0, 0.05) is 35.9 Å². The van der Waals surface area contributed by atoms with Crippen molar-refractivity contribution in [3.63, 3.8) is 0 Å². The van der Waals surface area contributed by atoms with Crippen LogP contribution in [0.4, 0.5) is 0 Å². The number of hydrogen-bond donors (Lipinski definition) is 1. The molecule has 5 atom stereocenters. The van der Waals surface area contributed by atoms with Crippen LogP contribution in [0, 0.1) is 11.8 Å². The fraction of sp³-hybridized carbons (Fsp3) is 0.433. The Labute approximate surface area is 218 Å². The summed E-state index contributed by atoms with van der Waals surface area (Å²) in [7, 11) is 6.56. The Hall–Kier alpha value is -3.29. The average Bonchev–Trinajstić information content (AvgIpc) is 2.95. The summed E-state index contributed by atoms with van der Waals surface area (Å²) >= 11 is 0. The summed E-state index contributed by atoms with van der Waals surface area (Å²) in [6, 6.07) is 11.9. The molecule has 0 unspecified atom stereocenters. The number of aliphatic hydroxyl groups is 1. The molecule has 7 heteroatoms. The predicted octanol–water partition coefficient (Wildman–Crippen LogP) is 4.91. The van der Waals surface area contributed by atoms with E-state index in [9.17, 15) is 5.11 Å². The van der Waals surface area contributed by atoms with E-state index in [1.807, 2.05) is 36.4 Å². The molecule has 3 aliphatic rings. The van der Waals surface area contributed by atoms with Crippen LogP contribution in [0.1, 0.15) is 30.1 Å². The first-order valence-electron chi connectivity index (χ1n) is 12.8. The van der Waals surface area contributed by atoms with Crippen LogP contribution < -0.4 is 18.9 Å². The molecule has 1 N–H and O–H groups in total. The molecule has 0 saturated carbocycles. The maximum Gasteiger partial charge on any atom is 0.203 e. The van der Waals surface area contributed by atoms with Crippen LogP contribution in [0.15, 0.2) is 55.3 Å². The van der Waals surface area contributed by atoms with E-state index >= 15 is 0 Å². The fourth-order valence-corrected chi connectivity index (χ4v) is 6.71. The Morgan fingerprint density at radius 1 is 1.05 bits per heavy atom. The Morgan fingerprint density at radius 3 is 2.46 bits per heavy atom. The molecule has 4 heterocycles. The first-order valence-corrected chi connectivity index (χ1v) is 12.8. The number of quaternary nitrogens is 1. The van der Waals surface area contributed by atoms with Crippen LogP contribution in [0.2, 0.25) is 0 Å². The van der Waals surface area contributed by atoms with E-state index in [1.165, 1.54) is 0 Å². The summed E-state index contributed by atoms with van der Waals surface area (Å²) in [6.45, 7) is 6.85. The number of methoxy groups -OCH3 is 4. The number of rotatable bonds is 9. The number of hydrogen-bond acceptors (Lipinski definition) is 6. The van der Waals surface area contributed by atoms with Crippen molar-refractivity contribution in [2.45, 2.75) is 31.5 Å². The van der Waals surface area contributed by atoms with Crippen molar-refractivity contribution in [3.8, 4) is 23.0 Å². The lowest BCUT2D eigenvalue weighted by Crippen LogP contribution is -2.67.